The minimum Gasteiger partial charge on any atom is -0.465 e. The number of esters is 1. The van der Waals surface area contributed by atoms with Crippen molar-refractivity contribution in [2.24, 2.45) is 0 Å². The van der Waals surface area contributed by atoms with Gasteiger partial charge in [-0.15, -0.1) is 0 Å². The van der Waals surface area contributed by atoms with Gasteiger partial charge >= 0.3 is 16.1 Å². The van der Waals surface area contributed by atoms with Crippen molar-refractivity contribution in [2.45, 2.75) is 11.8 Å². The lowest BCUT2D eigenvalue weighted by Gasteiger charge is -2.08. The number of methoxy groups -OCH3 is 1. The van der Waals surface area contributed by atoms with Crippen molar-refractivity contribution in [1.29, 1.82) is 0 Å². The van der Waals surface area contributed by atoms with Crippen molar-refractivity contribution < 1.29 is 31.7 Å². The molecular weight excluding hydrogens is 432 g/mol. The van der Waals surface area contributed by atoms with E-state index in [1.54, 1.807) is 36.4 Å². The Bertz CT molecular complexity index is 1340. The summed E-state index contributed by atoms with van der Waals surface area (Å²) >= 11 is 0. The molecule has 1 aliphatic heterocycles. The zero-order chi connectivity index (χ0) is 22.9. The van der Waals surface area contributed by atoms with Gasteiger partial charge in [0.25, 0.3) is 0 Å². The molecule has 0 bridgehead atoms. The predicted octanol–water partition coefficient (Wildman–Crippen LogP) is 4.17. The second-order valence-corrected chi connectivity index (χ2v) is 8.61. The monoisotopic (exact) mass is 450 g/mol. The van der Waals surface area contributed by atoms with E-state index in [0.29, 0.717) is 16.7 Å². The maximum Gasteiger partial charge on any atom is 0.339 e. The first-order valence-corrected chi connectivity index (χ1v) is 11.0. The second kappa shape index (κ2) is 8.32. The van der Waals surface area contributed by atoms with E-state index < -0.39 is 16.1 Å². The Morgan fingerprint density at radius 1 is 0.969 bits per heavy atom. The number of ether oxygens (including phenoxy) is 2. The molecule has 1 aliphatic rings. The molecule has 4 rings (SSSR count). The highest BCUT2D eigenvalue weighted by Gasteiger charge is 2.28. The summed E-state index contributed by atoms with van der Waals surface area (Å²) in [4.78, 5) is 24.2. The van der Waals surface area contributed by atoms with Crippen LogP contribution in [0.15, 0.2) is 77.4 Å². The number of benzene rings is 3. The molecule has 8 heteroatoms. The molecule has 32 heavy (non-hydrogen) atoms. The molecule has 0 aromatic heterocycles. The van der Waals surface area contributed by atoms with E-state index in [2.05, 4.69) is 4.74 Å². The van der Waals surface area contributed by atoms with Crippen molar-refractivity contribution >= 4 is 27.9 Å². The van der Waals surface area contributed by atoms with E-state index >= 15 is 0 Å². The number of hydrogen-bond acceptors (Lipinski definition) is 7. The van der Waals surface area contributed by atoms with Crippen molar-refractivity contribution in [3.8, 4) is 11.5 Å². The number of fused-ring (bicyclic) bond motifs is 1. The van der Waals surface area contributed by atoms with E-state index in [0.717, 1.165) is 5.56 Å². The largest absolute Gasteiger partial charge is 0.465 e. The van der Waals surface area contributed by atoms with Gasteiger partial charge in [0.05, 0.1) is 18.2 Å². The number of hydrogen-bond donors (Lipinski definition) is 0. The van der Waals surface area contributed by atoms with Crippen molar-refractivity contribution in [3.05, 3.63) is 94.7 Å². The first-order valence-electron chi connectivity index (χ1n) is 9.55. The number of ketones is 1. The summed E-state index contributed by atoms with van der Waals surface area (Å²) in [6, 6.07) is 17.0. The summed E-state index contributed by atoms with van der Waals surface area (Å²) in [6.45, 7) is 1.85. The third-order valence-electron chi connectivity index (χ3n) is 4.79. The predicted molar refractivity (Wildman–Crippen MR) is 116 cm³/mol. The van der Waals surface area contributed by atoms with Gasteiger partial charge in [0, 0.05) is 6.07 Å². The van der Waals surface area contributed by atoms with Gasteiger partial charge in [0.15, 0.2) is 5.76 Å². The number of rotatable bonds is 5. The van der Waals surface area contributed by atoms with Gasteiger partial charge in [-0.3, -0.25) is 4.79 Å². The standard InChI is InChI=1S/C24H18O7S/c1-15-3-10-19(11-4-15)32(27,28)31-18-9-12-20-21(14-18)30-22(23(20)25)13-16-5-7-17(8-6-16)24(26)29-2/h3-14H,1-2H3/b22-13-. The molecule has 0 spiro atoms. The van der Waals surface area contributed by atoms with Crippen LogP contribution in [0.1, 0.15) is 31.8 Å². The fourth-order valence-electron chi connectivity index (χ4n) is 3.08. The number of aryl methyl sites for hydroxylation is 1. The SMILES string of the molecule is COC(=O)c1ccc(/C=C2\Oc3cc(OS(=O)(=O)c4ccc(C)cc4)ccc3C2=O)cc1. The fraction of sp³-hybridized carbons (Fsp3) is 0.0833. The molecule has 0 saturated heterocycles. The molecule has 0 atom stereocenters. The molecule has 3 aromatic rings. The lowest BCUT2D eigenvalue weighted by molar-refractivity contribution is 0.0600. The Morgan fingerprint density at radius 2 is 1.66 bits per heavy atom. The van der Waals surface area contributed by atoms with E-state index in [9.17, 15) is 18.0 Å². The van der Waals surface area contributed by atoms with Crippen molar-refractivity contribution in [3.63, 3.8) is 0 Å². The van der Waals surface area contributed by atoms with Crippen LogP contribution < -0.4 is 8.92 Å². The molecule has 3 aromatic carbocycles. The maximum atomic E-state index is 12.6. The van der Waals surface area contributed by atoms with Gasteiger partial charge in [0.1, 0.15) is 16.4 Å². The molecule has 0 saturated carbocycles. The Morgan fingerprint density at radius 3 is 2.31 bits per heavy atom. The fourth-order valence-corrected chi connectivity index (χ4v) is 4.01. The van der Waals surface area contributed by atoms with Crippen LogP contribution in [-0.4, -0.2) is 27.3 Å². The summed E-state index contributed by atoms with van der Waals surface area (Å²) < 4.78 is 40.5. The van der Waals surface area contributed by atoms with E-state index in [1.807, 2.05) is 6.92 Å². The average Bonchev–Trinajstić information content (AvgIpc) is 3.08. The number of carbonyl (C=O) groups excluding carboxylic acids is 2. The van der Waals surface area contributed by atoms with E-state index in [1.165, 1.54) is 43.5 Å². The van der Waals surface area contributed by atoms with Crippen LogP contribution in [0.5, 0.6) is 11.5 Å². The van der Waals surface area contributed by atoms with Gasteiger partial charge < -0.3 is 13.7 Å². The molecule has 0 radical (unpaired) electrons. The Balaban J connectivity index is 1.55. The van der Waals surface area contributed by atoms with Gasteiger partial charge in [-0.05, 0) is 55.0 Å². The third kappa shape index (κ3) is 4.26. The van der Waals surface area contributed by atoms with Crippen LogP contribution in [-0.2, 0) is 14.9 Å². The van der Waals surface area contributed by atoms with Crippen LogP contribution in [0.2, 0.25) is 0 Å². The quantitative estimate of drug-likeness (QED) is 0.327. The molecule has 7 nitrogen and oxygen atoms in total. The minimum absolute atomic E-state index is 0.0246. The van der Waals surface area contributed by atoms with E-state index in [-0.39, 0.29) is 27.9 Å². The normalized spacial score (nSPS) is 14.1. The van der Waals surface area contributed by atoms with Gasteiger partial charge in [-0.1, -0.05) is 29.8 Å². The van der Waals surface area contributed by atoms with Crippen LogP contribution in [0.3, 0.4) is 0 Å². The highest BCUT2D eigenvalue weighted by molar-refractivity contribution is 7.87. The molecule has 1 heterocycles. The van der Waals surface area contributed by atoms with Crippen LogP contribution in [0, 0.1) is 6.92 Å². The smallest absolute Gasteiger partial charge is 0.339 e. The molecule has 0 aliphatic carbocycles. The number of carbonyl (C=O) groups is 2. The topological polar surface area (TPSA) is 96.0 Å². The Hall–Kier alpha value is -3.91. The molecule has 0 unspecified atom stereocenters. The maximum absolute atomic E-state index is 12.6. The molecule has 0 N–H and O–H groups in total. The number of allylic oxidation sites excluding steroid dienone is 1. The van der Waals surface area contributed by atoms with Gasteiger partial charge in [-0.2, -0.15) is 8.42 Å². The summed E-state index contributed by atoms with van der Waals surface area (Å²) in [5, 5.41) is 0. The zero-order valence-corrected chi connectivity index (χ0v) is 18.0. The highest BCUT2D eigenvalue weighted by atomic mass is 32.2. The number of Topliss-reactive ketones (excluding diaryl/α,β-unsaturated/α-hetero) is 1. The van der Waals surface area contributed by atoms with Gasteiger partial charge in [0.2, 0.25) is 5.78 Å². The lowest BCUT2D eigenvalue weighted by atomic mass is 10.1. The summed E-state index contributed by atoms with van der Waals surface area (Å²) in [5.74, 6) is -0.503. The van der Waals surface area contributed by atoms with Crippen LogP contribution >= 0.6 is 0 Å². The molecule has 162 valence electrons. The molecular formula is C24H18O7S. The van der Waals surface area contributed by atoms with E-state index in [4.69, 9.17) is 8.92 Å². The minimum atomic E-state index is -4.03. The summed E-state index contributed by atoms with van der Waals surface area (Å²) in [5.41, 5.74) is 2.25. The van der Waals surface area contributed by atoms with Gasteiger partial charge in [-0.25, -0.2) is 4.79 Å². The zero-order valence-electron chi connectivity index (χ0n) is 17.2. The first kappa shape index (κ1) is 21.3. The van der Waals surface area contributed by atoms with Crippen LogP contribution in [0.25, 0.3) is 6.08 Å². The Labute approximate surface area is 185 Å². The average molecular weight is 450 g/mol. The third-order valence-corrected chi connectivity index (χ3v) is 6.05. The Kier molecular flexibility index (Phi) is 5.54. The summed E-state index contributed by atoms with van der Waals surface area (Å²) in [6.07, 6.45) is 1.53. The van der Waals surface area contributed by atoms with Crippen molar-refractivity contribution in [1.82, 2.24) is 0 Å². The summed E-state index contributed by atoms with van der Waals surface area (Å²) in [7, 11) is -2.73. The molecule has 0 amide bonds. The highest BCUT2D eigenvalue weighted by Crippen LogP contribution is 2.35. The van der Waals surface area contributed by atoms with Crippen LogP contribution in [0.4, 0.5) is 0 Å². The lowest BCUT2D eigenvalue weighted by Crippen LogP contribution is -2.09. The second-order valence-electron chi connectivity index (χ2n) is 7.06. The molecule has 0 fully saturated rings. The van der Waals surface area contributed by atoms with Crippen molar-refractivity contribution in [2.75, 3.05) is 7.11 Å². The first-order chi connectivity index (χ1) is 15.3.